The molecule has 2 aromatic heterocycles. The second-order valence-electron chi connectivity index (χ2n) is 13.8. The van der Waals surface area contributed by atoms with Crippen LogP contribution in [0.25, 0.3) is 22.8 Å². The van der Waals surface area contributed by atoms with E-state index < -0.39 is 71.7 Å². The van der Waals surface area contributed by atoms with Crippen molar-refractivity contribution in [3.8, 4) is 22.8 Å². The van der Waals surface area contributed by atoms with Gasteiger partial charge in [-0.3, -0.25) is 4.79 Å². The van der Waals surface area contributed by atoms with E-state index in [2.05, 4.69) is 30.2 Å². The minimum Gasteiger partial charge on any atom is -0.444 e. The molecule has 3 aliphatic rings. The molecule has 2 fully saturated rings. The van der Waals surface area contributed by atoms with Crippen LogP contribution in [-0.4, -0.2) is 69.3 Å². The Hall–Kier alpha value is -5.20. The maximum atomic E-state index is 16.0. The van der Waals surface area contributed by atoms with E-state index in [0.29, 0.717) is 31.3 Å². The number of morpholine rings is 1. The quantitative estimate of drug-likeness (QED) is 0.225. The van der Waals surface area contributed by atoms with E-state index in [1.165, 1.54) is 24.3 Å². The van der Waals surface area contributed by atoms with E-state index in [1.54, 1.807) is 25.7 Å². The van der Waals surface area contributed by atoms with Gasteiger partial charge in [0.15, 0.2) is 0 Å². The fourth-order valence-electron chi connectivity index (χ4n) is 6.03. The second kappa shape index (κ2) is 12.5. The molecule has 0 unspecified atom stereocenters. The highest BCUT2D eigenvalue weighted by Crippen LogP contribution is 2.46. The number of carbonyl (C=O) groups is 2. The number of halogens is 6. The van der Waals surface area contributed by atoms with Crippen molar-refractivity contribution in [2.24, 2.45) is 0 Å². The molecule has 2 aliphatic heterocycles. The number of anilines is 2. The van der Waals surface area contributed by atoms with E-state index in [1.807, 2.05) is 0 Å². The van der Waals surface area contributed by atoms with Gasteiger partial charge >= 0.3 is 24.2 Å². The van der Waals surface area contributed by atoms with E-state index in [9.17, 15) is 22.8 Å². The number of nitrogens with zero attached hydrogens (tertiary/aromatic N) is 6. The van der Waals surface area contributed by atoms with Crippen molar-refractivity contribution in [2.75, 3.05) is 29.5 Å². The van der Waals surface area contributed by atoms with Gasteiger partial charge in [-0.1, -0.05) is 34.5 Å². The molecule has 1 atom stereocenters. The zero-order valence-corrected chi connectivity index (χ0v) is 27.9. The largest absolute Gasteiger partial charge is 0.471 e. The summed E-state index contributed by atoms with van der Waals surface area (Å²) in [7, 11) is 0. The summed E-state index contributed by atoms with van der Waals surface area (Å²) in [6.07, 6.45) is -5.48. The molecule has 1 spiro atoms. The maximum Gasteiger partial charge on any atom is 0.471 e. The molecule has 1 saturated heterocycles. The van der Waals surface area contributed by atoms with Crippen LogP contribution < -0.4 is 15.1 Å². The second-order valence-corrected chi connectivity index (χ2v) is 13.8. The standard InChI is InChI=1S/C33H31F6N7O6/c1-30(2,3)51-29(48)40-22-14-32(35,36)20-13-21(34)19(25-42-43-28(50-25)45-10-11-49-31(16-45)8-9-31)12-23(20)46(26(22)47)15-17-4-6-18(7-5-17)24-41-27(52-44-24)33(37,38)39/h4-7,12-13,22H,8-11,14-16H2,1-3H3,(H,40,48)/t22-/m1/s1. The Morgan fingerprint density at radius 1 is 1.10 bits per heavy atom. The first-order valence-corrected chi connectivity index (χ1v) is 16.2. The number of alkyl halides is 5. The third kappa shape index (κ3) is 7.13. The third-order valence-electron chi connectivity index (χ3n) is 8.68. The highest BCUT2D eigenvalue weighted by molar-refractivity contribution is 6.01. The van der Waals surface area contributed by atoms with E-state index >= 15 is 13.2 Å². The minimum atomic E-state index is -4.86. The van der Waals surface area contributed by atoms with Gasteiger partial charge in [-0.2, -0.15) is 18.2 Å². The van der Waals surface area contributed by atoms with Crippen LogP contribution in [0.2, 0.25) is 0 Å². The van der Waals surface area contributed by atoms with Gasteiger partial charge < -0.3 is 33.5 Å². The van der Waals surface area contributed by atoms with Gasteiger partial charge in [-0.05, 0) is 51.3 Å². The Balaban J connectivity index is 1.24. The van der Waals surface area contributed by atoms with Crippen LogP contribution in [0.15, 0.2) is 45.3 Å². The van der Waals surface area contributed by atoms with Crippen LogP contribution in [-0.2, 0) is 32.9 Å². The first-order chi connectivity index (χ1) is 24.4. The molecule has 13 nitrogen and oxygen atoms in total. The van der Waals surface area contributed by atoms with Crippen LogP contribution in [0.3, 0.4) is 0 Å². The molecule has 1 saturated carbocycles. The number of hydrogen-bond donors (Lipinski definition) is 1. The fourth-order valence-corrected chi connectivity index (χ4v) is 6.03. The van der Waals surface area contributed by atoms with Crippen LogP contribution in [0, 0.1) is 5.82 Å². The number of nitrogens with one attached hydrogen (secondary N) is 1. The molecule has 1 N–H and O–H groups in total. The Labute approximate surface area is 291 Å². The molecule has 4 heterocycles. The molecule has 19 heteroatoms. The summed E-state index contributed by atoms with van der Waals surface area (Å²) in [6, 6.07) is 5.39. The molecular formula is C33H31F6N7O6. The van der Waals surface area contributed by atoms with Crippen molar-refractivity contribution in [2.45, 2.75) is 75.9 Å². The number of aromatic nitrogens is 4. The number of hydrogen-bond acceptors (Lipinski definition) is 11. The molecule has 7 rings (SSSR count). The number of carbonyl (C=O) groups excluding carboxylic acids is 2. The van der Waals surface area contributed by atoms with Gasteiger partial charge in [-0.15, -0.1) is 5.10 Å². The Morgan fingerprint density at radius 2 is 1.83 bits per heavy atom. The summed E-state index contributed by atoms with van der Waals surface area (Å²) in [5.41, 5.74) is -2.48. The van der Waals surface area contributed by atoms with Gasteiger partial charge in [0.1, 0.15) is 17.5 Å². The minimum absolute atomic E-state index is 0.0860. The van der Waals surface area contributed by atoms with Crippen molar-refractivity contribution in [1.82, 2.24) is 25.7 Å². The molecule has 2 aromatic carbocycles. The number of alkyl carbamates (subject to hydrolysis) is 1. The first kappa shape index (κ1) is 35.2. The van der Waals surface area contributed by atoms with Crippen LogP contribution in [0.5, 0.6) is 0 Å². The van der Waals surface area contributed by atoms with Gasteiger partial charge in [0.25, 0.3) is 11.8 Å². The van der Waals surface area contributed by atoms with Gasteiger partial charge in [0.05, 0.1) is 36.5 Å². The van der Waals surface area contributed by atoms with Gasteiger partial charge in [0, 0.05) is 24.1 Å². The number of rotatable bonds is 6. The molecule has 0 radical (unpaired) electrons. The molecule has 4 aromatic rings. The molecular weight excluding hydrogens is 704 g/mol. The van der Waals surface area contributed by atoms with E-state index in [-0.39, 0.29) is 34.5 Å². The summed E-state index contributed by atoms with van der Waals surface area (Å²) in [4.78, 5) is 32.9. The number of fused-ring (bicyclic) bond motifs is 1. The Bertz CT molecular complexity index is 2000. The summed E-state index contributed by atoms with van der Waals surface area (Å²) >= 11 is 0. The van der Waals surface area contributed by atoms with Crippen LogP contribution >= 0.6 is 0 Å². The smallest absolute Gasteiger partial charge is 0.444 e. The number of amides is 2. The van der Waals surface area contributed by atoms with Gasteiger partial charge in [-0.25, -0.2) is 18.0 Å². The van der Waals surface area contributed by atoms with Crippen molar-refractivity contribution in [3.63, 3.8) is 0 Å². The summed E-state index contributed by atoms with van der Waals surface area (Å²) in [6.45, 7) is 5.59. The van der Waals surface area contributed by atoms with Crippen molar-refractivity contribution in [1.29, 1.82) is 0 Å². The predicted molar refractivity (Wildman–Crippen MR) is 167 cm³/mol. The molecule has 52 heavy (non-hydrogen) atoms. The molecule has 2 amide bonds. The van der Waals surface area contributed by atoms with Crippen molar-refractivity contribution in [3.05, 3.63) is 59.2 Å². The maximum absolute atomic E-state index is 16.0. The zero-order valence-electron chi connectivity index (χ0n) is 27.9. The number of ether oxygens (including phenoxy) is 2. The fraction of sp³-hybridized carbons (Fsp3) is 0.455. The van der Waals surface area contributed by atoms with E-state index in [4.69, 9.17) is 13.9 Å². The SMILES string of the molecule is CC(C)(C)OC(=O)N[C@@H]1CC(F)(F)c2cc(F)c(-c3nnc(N4CCOC5(CC5)C4)o3)cc2N(Cc2ccc(-c3noc(C(F)(F)F)n3)cc2)C1=O. The summed E-state index contributed by atoms with van der Waals surface area (Å²) < 4.78 is 108. The first-order valence-electron chi connectivity index (χ1n) is 16.2. The lowest BCUT2D eigenvalue weighted by molar-refractivity contribution is -0.159. The monoisotopic (exact) mass is 735 g/mol. The normalized spacial score (nSPS) is 19.7. The summed E-state index contributed by atoms with van der Waals surface area (Å²) in [5, 5.41) is 13.6. The topological polar surface area (TPSA) is 149 Å². The lowest BCUT2D eigenvalue weighted by Gasteiger charge is -2.31. The van der Waals surface area contributed by atoms with Gasteiger partial charge in [0.2, 0.25) is 11.7 Å². The Kier molecular flexibility index (Phi) is 8.46. The zero-order chi connectivity index (χ0) is 37.2. The molecule has 1 aliphatic carbocycles. The number of benzene rings is 2. The highest BCUT2D eigenvalue weighted by Gasteiger charge is 2.49. The Morgan fingerprint density at radius 3 is 2.48 bits per heavy atom. The van der Waals surface area contributed by atoms with E-state index in [0.717, 1.165) is 23.8 Å². The predicted octanol–water partition coefficient (Wildman–Crippen LogP) is 6.24. The third-order valence-corrected chi connectivity index (χ3v) is 8.68. The van der Waals surface area contributed by atoms with Crippen molar-refractivity contribution < 1.29 is 54.3 Å². The molecule has 0 bridgehead atoms. The average Bonchev–Trinajstić information content (AvgIpc) is 3.43. The summed E-state index contributed by atoms with van der Waals surface area (Å²) in [5.74, 6) is -8.17. The van der Waals surface area contributed by atoms with Crippen LogP contribution in [0.4, 0.5) is 42.8 Å². The lowest BCUT2D eigenvalue weighted by Crippen LogP contribution is -2.49. The average molecular weight is 736 g/mol. The van der Waals surface area contributed by atoms with Crippen LogP contribution in [0.1, 0.15) is 57.1 Å². The molecule has 276 valence electrons. The highest BCUT2D eigenvalue weighted by atomic mass is 19.4. The van der Waals surface area contributed by atoms with Crippen molar-refractivity contribution >= 4 is 23.7 Å². The lowest BCUT2D eigenvalue weighted by atomic mass is 9.99.